The van der Waals surface area contributed by atoms with Gasteiger partial charge in [-0.25, -0.2) is 4.68 Å². The number of nitrogens with one attached hydrogen (secondary N) is 2. The lowest BCUT2D eigenvalue weighted by Crippen LogP contribution is -2.40. The molecule has 2 N–H and O–H groups in total. The summed E-state index contributed by atoms with van der Waals surface area (Å²) >= 11 is 0. The van der Waals surface area contributed by atoms with Crippen LogP contribution in [-0.4, -0.2) is 27.6 Å². The van der Waals surface area contributed by atoms with E-state index < -0.39 is 6.04 Å². The maximum atomic E-state index is 12.0. The first-order chi connectivity index (χ1) is 9.38. The van der Waals surface area contributed by atoms with Gasteiger partial charge in [-0.05, 0) is 26.7 Å². The summed E-state index contributed by atoms with van der Waals surface area (Å²) in [6, 6.07) is 1.53. The molecule has 112 valence electrons. The van der Waals surface area contributed by atoms with Crippen molar-refractivity contribution in [2.45, 2.75) is 59.5 Å². The van der Waals surface area contributed by atoms with Gasteiger partial charge in [-0.2, -0.15) is 5.10 Å². The number of carbonyl (C=O) groups is 2. The molecule has 0 aliphatic heterocycles. The number of aryl methyl sites for hydroxylation is 1. The molecule has 0 bridgehead atoms. The summed E-state index contributed by atoms with van der Waals surface area (Å²) in [6.07, 6.45) is 1.89. The largest absolute Gasteiger partial charge is 0.345 e. The Balaban J connectivity index is 2.86. The molecule has 0 aliphatic rings. The lowest BCUT2D eigenvalue weighted by Gasteiger charge is -2.18. The highest BCUT2D eigenvalue weighted by molar-refractivity contribution is 5.96. The standard InChI is InChI=1S/C14H24N4O2/c1-6-12(7-2)18-13(8-9(3)17-18)16-14(20)10(4)15-11(5)19/h8,10,12H,6-7H2,1-5H3,(H,15,19)(H,16,20)/t10-/m0/s1. The van der Waals surface area contributed by atoms with Crippen LogP contribution in [0.15, 0.2) is 6.07 Å². The Hall–Kier alpha value is -1.85. The molecule has 0 saturated heterocycles. The van der Waals surface area contributed by atoms with Gasteiger partial charge in [0.25, 0.3) is 0 Å². The zero-order chi connectivity index (χ0) is 15.3. The highest BCUT2D eigenvalue weighted by atomic mass is 16.2. The third-order valence-electron chi connectivity index (χ3n) is 3.21. The second-order valence-corrected chi connectivity index (χ2v) is 5.00. The first-order valence-electron chi connectivity index (χ1n) is 7.03. The summed E-state index contributed by atoms with van der Waals surface area (Å²) in [6.45, 7) is 9.13. The van der Waals surface area contributed by atoms with Crippen molar-refractivity contribution in [3.05, 3.63) is 11.8 Å². The number of nitrogens with zero attached hydrogens (tertiary/aromatic N) is 2. The van der Waals surface area contributed by atoms with E-state index in [0.717, 1.165) is 18.5 Å². The third-order valence-corrected chi connectivity index (χ3v) is 3.21. The lowest BCUT2D eigenvalue weighted by atomic mass is 10.2. The SMILES string of the molecule is CCC(CC)n1nc(C)cc1NC(=O)[C@H](C)NC(C)=O. The van der Waals surface area contributed by atoms with Gasteiger partial charge in [-0.1, -0.05) is 13.8 Å². The van der Waals surface area contributed by atoms with Gasteiger partial charge >= 0.3 is 0 Å². The molecular formula is C14H24N4O2. The topological polar surface area (TPSA) is 76.0 Å². The molecule has 6 heteroatoms. The highest BCUT2D eigenvalue weighted by Crippen LogP contribution is 2.21. The molecule has 1 heterocycles. The van der Waals surface area contributed by atoms with Gasteiger partial charge in [-0.15, -0.1) is 0 Å². The number of amides is 2. The fourth-order valence-corrected chi connectivity index (χ4v) is 2.13. The fraction of sp³-hybridized carbons (Fsp3) is 0.643. The summed E-state index contributed by atoms with van der Waals surface area (Å²) in [5, 5.41) is 9.84. The number of rotatable bonds is 6. The Morgan fingerprint density at radius 3 is 2.45 bits per heavy atom. The van der Waals surface area contributed by atoms with Crippen molar-refractivity contribution < 1.29 is 9.59 Å². The normalized spacial score (nSPS) is 12.3. The second-order valence-electron chi connectivity index (χ2n) is 5.00. The Labute approximate surface area is 119 Å². The summed E-state index contributed by atoms with van der Waals surface area (Å²) in [7, 11) is 0. The van der Waals surface area contributed by atoms with E-state index in [1.54, 1.807) is 6.92 Å². The number of hydrogen-bond donors (Lipinski definition) is 2. The molecule has 0 spiro atoms. The molecule has 0 saturated carbocycles. The molecule has 0 aromatic carbocycles. The van der Waals surface area contributed by atoms with Crippen molar-refractivity contribution in [2.75, 3.05) is 5.32 Å². The number of aromatic nitrogens is 2. The van der Waals surface area contributed by atoms with E-state index in [4.69, 9.17) is 0 Å². The van der Waals surface area contributed by atoms with Crippen LogP contribution in [0.4, 0.5) is 5.82 Å². The van der Waals surface area contributed by atoms with Crippen molar-refractivity contribution in [1.82, 2.24) is 15.1 Å². The average Bonchev–Trinajstić information content (AvgIpc) is 2.71. The molecule has 0 aliphatic carbocycles. The second kappa shape index (κ2) is 7.07. The summed E-state index contributed by atoms with van der Waals surface area (Å²) in [4.78, 5) is 23.0. The van der Waals surface area contributed by atoms with Crippen LogP contribution in [0.1, 0.15) is 52.3 Å². The van der Waals surface area contributed by atoms with Gasteiger partial charge in [-0.3, -0.25) is 9.59 Å². The molecule has 1 aromatic rings. The van der Waals surface area contributed by atoms with Gasteiger partial charge in [0.2, 0.25) is 11.8 Å². The zero-order valence-electron chi connectivity index (χ0n) is 12.9. The monoisotopic (exact) mass is 280 g/mol. The Morgan fingerprint density at radius 1 is 1.35 bits per heavy atom. The summed E-state index contributed by atoms with van der Waals surface area (Å²) < 4.78 is 1.85. The van der Waals surface area contributed by atoms with Crippen LogP contribution in [-0.2, 0) is 9.59 Å². The van der Waals surface area contributed by atoms with Gasteiger partial charge in [0.15, 0.2) is 0 Å². The first kappa shape index (κ1) is 16.2. The molecule has 1 rings (SSSR count). The van der Waals surface area contributed by atoms with E-state index in [1.807, 2.05) is 17.7 Å². The predicted octanol–water partition coefficient (Wildman–Crippen LogP) is 2.02. The van der Waals surface area contributed by atoms with Crippen molar-refractivity contribution in [3.63, 3.8) is 0 Å². The predicted molar refractivity (Wildman–Crippen MR) is 78.5 cm³/mol. The first-order valence-corrected chi connectivity index (χ1v) is 7.03. The zero-order valence-corrected chi connectivity index (χ0v) is 12.9. The minimum atomic E-state index is -0.571. The molecule has 1 atom stereocenters. The molecule has 0 unspecified atom stereocenters. The van der Waals surface area contributed by atoms with Gasteiger partial charge in [0.1, 0.15) is 11.9 Å². The maximum Gasteiger partial charge on any atom is 0.247 e. The van der Waals surface area contributed by atoms with Crippen molar-refractivity contribution in [2.24, 2.45) is 0 Å². The Kier molecular flexibility index (Phi) is 5.73. The number of carbonyl (C=O) groups excluding carboxylic acids is 2. The smallest absolute Gasteiger partial charge is 0.247 e. The van der Waals surface area contributed by atoms with Crippen LogP contribution in [0.5, 0.6) is 0 Å². The van der Waals surface area contributed by atoms with Gasteiger partial charge in [0, 0.05) is 13.0 Å². The van der Waals surface area contributed by atoms with E-state index in [0.29, 0.717) is 5.82 Å². The van der Waals surface area contributed by atoms with Crippen LogP contribution in [0.2, 0.25) is 0 Å². The van der Waals surface area contributed by atoms with Crippen LogP contribution >= 0.6 is 0 Å². The summed E-state index contributed by atoms with van der Waals surface area (Å²) in [5.74, 6) is 0.211. The molecule has 2 amide bonds. The van der Waals surface area contributed by atoms with Crippen LogP contribution in [0.3, 0.4) is 0 Å². The van der Waals surface area contributed by atoms with E-state index in [1.165, 1.54) is 6.92 Å². The van der Waals surface area contributed by atoms with Crippen molar-refractivity contribution in [3.8, 4) is 0 Å². The van der Waals surface area contributed by atoms with Crippen LogP contribution < -0.4 is 10.6 Å². The molecule has 0 fully saturated rings. The van der Waals surface area contributed by atoms with Crippen molar-refractivity contribution >= 4 is 17.6 Å². The number of anilines is 1. The van der Waals surface area contributed by atoms with E-state index in [-0.39, 0.29) is 17.9 Å². The molecular weight excluding hydrogens is 256 g/mol. The minimum absolute atomic E-state index is 0.225. The van der Waals surface area contributed by atoms with Crippen LogP contribution in [0.25, 0.3) is 0 Å². The third kappa shape index (κ3) is 4.08. The van der Waals surface area contributed by atoms with E-state index in [9.17, 15) is 9.59 Å². The lowest BCUT2D eigenvalue weighted by molar-refractivity contribution is -0.124. The van der Waals surface area contributed by atoms with Gasteiger partial charge in [0.05, 0.1) is 11.7 Å². The quantitative estimate of drug-likeness (QED) is 0.837. The molecule has 6 nitrogen and oxygen atoms in total. The fourth-order valence-electron chi connectivity index (χ4n) is 2.13. The molecule has 20 heavy (non-hydrogen) atoms. The maximum absolute atomic E-state index is 12.0. The van der Waals surface area contributed by atoms with Crippen LogP contribution in [0, 0.1) is 6.92 Å². The Bertz CT molecular complexity index is 478. The molecule has 1 aromatic heterocycles. The van der Waals surface area contributed by atoms with E-state index >= 15 is 0 Å². The minimum Gasteiger partial charge on any atom is -0.345 e. The number of hydrogen-bond acceptors (Lipinski definition) is 3. The average molecular weight is 280 g/mol. The Morgan fingerprint density at radius 2 is 1.95 bits per heavy atom. The van der Waals surface area contributed by atoms with E-state index in [2.05, 4.69) is 29.6 Å². The highest BCUT2D eigenvalue weighted by Gasteiger charge is 2.18. The molecule has 0 radical (unpaired) electrons. The van der Waals surface area contributed by atoms with Crippen molar-refractivity contribution in [1.29, 1.82) is 0 Å². The van der Waals surface area contributed by atoms with Gasteiger partial charge < -0.3 is 10.6 Å². The summed E-state index contributed by atoms with van der Waals surface area (Å²) in [5.41, 5.74) is 0.861.